The van der Waals surface area contributed by atoms with Crippen LogP contribution in [0.25, 0.3) is 0 Å². The van der Waals surface area contributed by atoms with Crippen LogP contribution >= 0.6 is 0 Å². The molecule has 1 aromatic carbocycles. The fourth-order valence-electron chi connectivity index (χ4n) is 2.94. The number of hydrogen-bond acceptors (Lipinski definition) is 5. The van der Waals surface area contributed by atoms with Gasteiger partial charge in [-0.3, -0.25) is 14.4 Å². The van der Waals surface area contributed by atoms with Gasteiger partial charge in [-0.05, 0) is 31.2 Å². The van der Waals surface area contributed by atoms with Crippen molar-refractivity contribution in [2.45, 2.75) is 51.0 Å². The molecule has 1 aliphatic rings. The molecular weight excluding hydrogens is 336 g/mol. The number of ether oxygens (including phenoxy) is 2. The van der Waals surface area contributed by atoms with E-state index in [4.69, 9.17) is 14.3 Å². The van der Waals surface area contributed by atoms with Crippen molar-refractivity contribution in [3.8, 4) is 0 Å². The summed E-state index contributed by atoms with van der Waals surface area (Å²) in [7, 11) is 2.93. The Labute approximate surface area is 154 Å². The molecule has 7 heteroatoms. The lowest BCUT2D eigenvalue weighted by atomic mass is 10.00. The van der Waals surface area contributed by atoms with Crippen LogP contribution in [0.5, 0.6) is 0 Å². The monoisotopic (exact) mass is 364 g/mol. The molecule has 1 N–H and O–H groups in total. The molecule has 0 radical (unpaired) electrons. The fraction of sp³-hybridized carbons (Fsp3) is 0.579. The highest BCUT2D eigenvalue weighted by molar-refractivity contribution is 5.82. The highest BCUT2D eigenvalue weighted by atomic mass is 16.7. The molecule has 1 aliphatic heterocycles. The summed E-state index contributed by atoms with van der Waals surface area (Å²) in [5.41, 5.74) is 0.997. The quantitative estimate of drug-likeness (QED) is 0.710. The van der Waals surface area contributed by atoms with Crippen molar-refractivity contribution in [2.75, 3.05) is 20.8 Å². The van der Waals surface area contributed by atoms with E-state index in [1.54, 1.807) is 0 Å². The number of hydrogen-bond donors (Lipinski definition) is 1. The number of amides is 2. The van der Waals surface area contributed by atoms with Gasteiger partial charge >= 0.3 is 0 Å². The van der Waals surface area contributed by atoms with E-state index in [0.29, 0.717) is 13.0 Å². The van der Waals surface area contributed by atoms with Crippen molar-refractivity contribution in [3.63, 3.8) is 0 Å². The third-order valence-corrected chi connectivity index (χ3v) is 4.32. The summed E-state index contributed by atoms with van der Waals surface area (Å²) in [4.78, 5) is 29.6. The maximum Gasteiger partial charge on any atom is 0.277 e. The third kappa shape index (κ3) is 6.09. The summed E-state index contributed by atoms with van der Waals surface area (Å²) in [6.45, 7) is 2.03. The lowest BCUT2D eigenvalue weighted by molar-refractivity contribution is -0.217. The van der Waals surface area contributed by atoms with Crippen molar-refractivity contribution in [2.24, 2.45) is 0 Å². The highest BCUT2D eigenvalue weighted by Gasteiger charge is 2.35. The molecule has 1 aromatic rings. The van der Waals surface area contributed by atoms with Crippen LogP contribution in [0, 0.1) is 0 Å². The lowest BCUT2D eigenvalue weighted by Gasteiger charge is -2.33. The fourth-order valence-corrected chi connectivity index (χ4v) is 2.94. The Balaban J connectivity index is 2.22. The van der Waals surface area contributed by atoms with Crippen LogP contribution in [0.2, 0.25) is 0 Å². The van der Waals surface area contributed by atoms with Crippen LogP contribution in [0.4, 0.5) is 0 Å². The second-order valence-electron chi connectivity index (χ2n) is 6.37. The molecule has 26 heavy (non-hydrogen) atoms. The molecule has 0 aliphatic carbocycles. The molecule has 2 amide bonds. The number of nitrogens with one attached hydrogen (secondary N) is 1. The maximum atomic E-state index is 12.8. The van der Waals surface area contributed by atoms with Gasteiger partial charge in [0, 0.05) is 20.6 Å². The van der Waals surface area contributed by atoms with E-state index in [9.17, 15) is 9.59 Å². The van der Waals surface area contributed by atoms with E-state index in [0.717, 1.165) is 29.9 Å². The smallest absolute Gasteiger partial charge is 0.277 e. The number of nitrogens with zero attached hydrogens (tertiary/aromatic N) is 1. The molecule has 0 bridgehead atoms. The van der Waals surface area contributed by atoms with Crippen LogP contribution in [-0.2, 0) is 30.3 Å². The molecular formula is C19H28N2O5. The minimum atomic E-state index is -0.910. The normalized spacial score (nSPS) is 19.4. The largest absolute Gasteiger partial charge is 0.353 e. The Morgan fingerprint density at radius 3 is 2.62 bits per heavy atom. The standard InChI is InChI=1S/C19H28N2O5/c1-14(22)20-16(13-15-9-5-4-6-10-15)18(19(23)21(2)24-3)26-17-11-7-8-12-25-17/h4-6,9-10,16-18H,7-8,11-13H2,1-3H3,(H,20,22)/t16-,17?,18+/m1/s1. The Morgan fingerprint density at radius 1 is 1.31 bits per heavy atom. The minimum absolute atomic E-state index is 0.225. The zero-order valence-corrected chi connectivity index (χ0v) is 15.6. The van der Waals surface area contributed by atoms with Crippen LogP contribution in [0.1, 0.15) is 31.7 Å². The molecule has 3 atom stereocenters. The molecule has 1 fully saturated rings. The first kappa shape index (κ1) is 20.4. The van der Waals surface area contributed by atoms with Crippen molar-refractivity contribution < 1.29 is 23.9 Å². The van der Waals surface area contributed by atoms with Gasteiger partial charge in [-0.25, -0.2) is 5.06 Å². The Bertz CT molecular complexity index is 575. The molecule has 1 heterocycles. The summed E-state index contributed by atoms with van der Waals surface area (Å²) in [5.74, 6) is -0.590. The van der Waals surface area contributed by atoms with Crippen LogP contribution in [0.3, 0.4) is 0 Å². The molecule has 2 rings (SSSR count). The summed E-state index contributed by atoms with van der Waals surface area (Å²) < 4.78 is 11.6. The van der Waals surface area contributed by atoms with Gasteiger partial charge in [-0.2, -0.15) is 0 Å². The molecule has 0 saturated carbocycles. The predicted octanol–water partition coefficient (Wildman–Crippen LogP) is 1.67. The van der Waals surface area contributed by atoms with Crippen molar-refractivity contribution in [1.82, 2.24) is 10.4 Å². The van der Waals surface area contributed by atoms with Crippen molar-refractivity contribution >= 4 is 11.8 Å². The van der Waals surface area contributed by atoms with Gasteiger partial charge in [0.1, 0.15) is 0 Å². The van der Waals surface area contributed by atoms with Crippen LogP contribution in [-0.4, -0.2) is 56.1 Å². The van der Waals surface area contributed by atoms with Gasteiger partial charge < -0.3 is 14.8 Å². The molecule has 0 spiro atoms. The molecule has 7 nitrogen and oxygen atoms in total. The minimum Gasteiger partial charge on any atom is -0.353 e. The first-order valence-electron chi connectivity index (χ1n) is 8.91. The summed E-state index contributed by atoms with van der Waals surface area (Å²) in [5, 5.41) is 3.97. The van der Waals surface area contributed by atoms with E-state index in [1.807, 2.05) is 30.3 Å². The van der Waals surface area contributed by atoms with Gasteiger partial charge in [-0.15, -0.1) is 0 Å². The van der Waals surface area contributed by atoms with E-state index in [1.165, 1.54) is 21.1 Å². The highest BCUT2D eigenvalue weighted by Crippen LogP contribution is 2.19. The lowest BCUT2D eigenvalue weighted by Crippen LogP contribution is -2.54. The van der Waals surface area contributed by atoms with Crippen LogP contribution < -0.4 is 5.32 Å². The molecule has 1 saturated heterocycles. The number of carbonyl (C=O) groups excluding carboxylic acids is 2. The number of rotatable bonds is 8. The van der Waals surface area contributed by atoms with Gasteiger partial charge in [0.15, 0.2) is 12.4 Å². The number of carbonyl (C=O) groups is 2. The van der Waals surface area contributed by atoms with Gasteiger partial charge in [0.05, 0.1) is 13.2 Å². The second kappa shape index (κ2) is 10.3. The van der Waals surface area contributed by atoms with Gasteiger partial charge in [-0.1, -0.05) is 30.3 Å². The predicted molar refractivity (Wildman–Crippen MR) is 96.0 cm³/mol. The van der Waals surface area contributed by atoms with Gasteiger partial charge in [0.2, 0.25) is 5.91 Å². The van der Waals surface area contributed by atoms with Crippen molar-refractivity contribution in [3.05, 3.63) is 35.9 Å². The average molecular weight is 364 g/mol. The van der Waals surface area contributed by atoms with E-state index in [-0.39, 0.29) is 11.8 Å². The molecule has 144 valence electrons. The number of benzene rings is 1. The summed E-state index contributed by atoms with van der Waals surface area (Å²) >= 11 is 0. The zero-order valence-electron chi connectivity index (χ0n) is 15.6. The van der Waals surface area contributed by atoms with Gasteiger partial charge in [0.25, 0.3) is 5.91 Å². The summed E-state index contributed by atoms with van der Waals surface area (Å²) in [6.07, 6.45) is 1.77. The third-order valence-electron chi connectivity index (χ3n) is 4.32. The Morgan fingerprint density at radius 2 is 2.04 bits per heavy atom. The van der Waals surface area contributed by atoms with E-state index >= 15 is 0 Å². The number of likely N-dealkylation sites (N-methyl/N-ethyl adjacent to an activating group) is 1. The van der Waals surface area contributed by atoms with Crippen LogP contribution in [0.15, 0.2) is 30.3 Å². The first-order chi connectivity index (χ1) is 12.5. The Kier molecular flexibility index (Phi) is 8.03. The first-order valence-corrected chi connectivity index (χ1v) is 8.91. The summed E-state index contributed by atoms with van der Waals surface area (Å²) in [6, 6.07) is 9.13. The molecule has 1 unspecified atom stereocenters. The zero-order chi connectivity index (χ0) is 18.9. The van der Waals surface area contributed by atoms with E-state index in [2.05, 4.69) is 5.32 Å². The SMILES string of the molecule is CON(C)C(=O)[C@@H](OC1CCCCO1)[C@@H](Cc1ccccc1)NC(C)=O. The second-order valence-corrected chi connectivity index (χ2v) is 6.37. The van der Waals surface area contributed by atoms with E-state index < -0.39 is 18.4 Å². The molecule has 0 aromatic heterocycles. The average Bonchev–Trinajstić information content (AvgIpc) is 2.65. The Hall–Kier alpha value is -1.96. The topological polar surface area (TPSA) is 77.1 Å². The maximum absolute atomic E-state index is 12.8. The van der Waals surface area contributed by atoms with Crippen molar-refractivity contribution in [1.29, 1.82) is 0 Å². The number of hydroxylamine groups is 2.